The van der Waals surface area contributed by atoms with Crippen LogP contribution in [-0.4, -0.2) is 0 Å². The number of fused-ring (bicyclic) bond motifs is 5. The molecule has 10 rings (SSSR count). The lowest BCUT2D eigenvalue weighted by Gasteiger charge is -2.37. The van der Waals surface area contributed by atoms with Crippen LogP contribution in [0.25, 0.3) is 21.9 Å². The van der Waals surface area contributed by atoms with Gasteiger partial charge in [0.1, 0.15) is 0 Å². The van der Waals surface area contributed by atoms with Crippen molar-refractivity contribution in [2.75, 3.05) is 9.80 Å². The van der Waals surface area contributed by atoms with Crippen molar-refractivity contribution in [3.8, 4) is 11.1 Å². The molecule has 0 fully saturated rings. The quantitative estimate of drug-likeness (QED) is 0.165. The lowest BCUT2D eigenvalue weighted by molar-refractivity contribution is 0.508. The number of aryl methyl sites for hydroxylation is 2. The van der Waals surface area contributed by atoms with E-state index in [2.05, 4.69) is 204 Å². The van der Waals surface area contributed by atoms with Crippen molar-refractivity contribution in [3.05, 3.63) is 216 Å². The van der Waals surface area contributed by atoms with Gasteiger partial charge in [-0.1, -0.05) is 133 Å². The van der Waals surface area contributed by atoms with Crippen LogP contribution in [0.1, 0.15) is 35.1 Å². The van der Waals surface area contributed by atoms with E-state index in [1.54, 1.807) is 0 Å². The minimum absolute atomic E-state index is 0.115. The largest absolute Gasteiger partial charge is 0.310 e. The van der Waals surface area contributed by atoms with Gasteiger partial charge >= 0.3 is 0 Å². The standard InChI is InChI=1S/C51H40N2/c1-4-19-41(20-5-1)52(42-21-6-2-7-22-42)47-27-13-17-39-33-35-51(49(39)47)36-34-40-18-14-28-48(50(40)51)53(43-23-8-3-9-24-43)44-31-29-38(30-32-44)46-26-12-16-37-15-10-11-25-45(37)46/h1-32H,33-36H2/t51-/m1/s1. The summed E-state index contributed by atoms with van der Waals surface area (Å²) in [6.07, 6.45) is 4.34. The van der Waals surface area contributed by atoms with E-state index in [9.17, 15) is 0 Å². The first-order valence-corrected chi connectivity index (χ1v) is 18.9. The molecule has 0 saturated carbocycles. The molecule has 1 atom stereocenters. The fourth-order valence-electron chi connectivity index (χ4n) is 9.37. The second kappa shape index (κ2) is 13.0. The molecule has 53 heavy (non-hydrogen) atoms. The Labute approximate surface area is 312 Å². The molecule has 8 aromatic carbocycles. The van der Waals surface area contributed by atoms with Crippen molar-refractivity contribution in [3.63, 3.8) is 0 Å². The van der Waals surface area contributed by atoms with Crippen LogP contribution in [0.4, 0.5) is 34.1 Å². The fourth-order valence-corrected chi connectivity index (χ4v) is 9.37. The van der Waals surface area contributed by atoms with Crippen LogP contribution >= 0.6 is 0 Å². The van der Waals surface area contributed by atoms with E-state index in [-0.39, 0.29) is 5.41 Å². The predicted octanol–water partition coefficient (Wildman–Crippen LogP) is 13.6. The number of hydrogen-bond donors (Lipinski definition) is 0. The summed E-state index contributed by atoms with van der Waals surface area (Å²) >= 11 is 0. The lowest BCUT2D eigenvalue weighted by Crippen LogP contribution is -2.27. The van der Waals surface area contributed by atoms with E-state index < -0.39 is 0 Å². The molecule has 0 heterocycles. The molecule has 0 N–H and O–H groups in total. The van der Waals surface area contributed by atoms with Crippen LogP contribution in [0.2, 0.25) is 0 Å². The van der Waals surface area contributed by atoms with Gasteiger partial charge < -0.3 is 9.80 Å². The zero-order valence-corrected chi connectivity index (χ0v) is 29.7. The van der Waals surface area contributed by atoms with Gasteiger partial charge in [0.15, 0.2) is 0 Å². The van der Waals surface area contributed by atoms with Crippen LogP contribution in [0.15, 0.2) is 194 Å². The minimum Gasteiger partial charge on any atom is -0.310 e. The molecule has 0 unspecified atom stereocenters. The topological polar surface area (TPSA) is 6.48 Å². The molecular weight excluding hydrogens is 641 g/mol. The summed E-state index contributed by atoms with van der Waals surface area (Å²) in [7, 11) is 0. The van der Waals surface area contributed by atoms with Gasteiger partial charge in [-0.15, -0.1) is 0 Å². The van der Waals surface area contributed by atoms with Crippen LogP contribution in [0.3, 0.4) is 0 Å². The smallest absolute Gasteiger partial charge is 0.0505 e. The molecule has 0 radical (unpaired) electrons. The van der Waals surface area contributed by atoms with Gasteiger partial charge in [0.25, 0.3) is 0 Å². The van der Waals surface area contributed by atoms with Crippen LogP contribution in [0, 0.1) is 0 Å². The third-order valence-electron chi connectivity index (χ3n) is 11.6. The number of hydrogen-bond acceptors (Lipinski definition) is 2. The Morgan fingerprint density at radius 3 is 1.32 bits per heavy atom. The molecule has 2 aliphatic carbocycles. The van der Waals surface area contributed by atoms with Gasteiger partial charge in [-0.25, -0.2) is 0 Å². The second-order valence-electron chi connectivity index (χ2n) is 14.5. The molecule has 254 valence electrons. The number of benzene rings is 8. The Hall–Kier alpha value is -6.38. The highest BCUT2D eigenvalue weighted by molar-refractivity contribution is 5.97. The van der Waals surface area contributed by atoms with Crippen molar-refractivity contribution < 1.29 is 0 Å². The summed E-state index contributed by atoms with van der Waals surface area (Å²) in [6, 6.07) is 71.2. The predicted molar refractivity (Wildman–Crippen MR) is 223 cm³/mol. The zero-order valence-electron chi connectivity index (χ0n) is 29.7. The van der Waals surface area contributed by atoms with E-state index in [0.29, 0.717) is 0 Å². The highest BCUT2D eigenvalue weighted by Crippen LogP contribution is 2.59. The summed E-state index contributed by atoms with van der Waals surface area (Å²) in [6.45, 7) is 0. The average molecular weight is 681 g/mol. The minimum atomic E-state index is -0.115. The third-order valence-corrected chi connectivity index (χ3v) is 11.6. The Bertz CT molecular complexity index is 2510. The van der Waals surface area contributed by atoms with Gasteiger partial charge in [-0.05, 0) is 131 Å². The zero-order chi connectivity index (χ0) is 35.2. The number of rotatable bonds is 7. The molecule has 2 heteroatoms. The molecule has 1 spiro atoms. The first kappa shape index (κ1) is 31.4. The van der Waals surface area contributed by atoms with E-state index in [1.165, 1.54) is 72.6 Å². The summed E-state index contributed by atoms with van der Waals surface area (Å²) in [4.78, 5) is 4.99. The lowest BCUT2D eigenvalue weighted by atomic mass is 9.74. The number of para-hydroxylation sites is 3. The summed E-state index contributed by atoms with van der Waals surface area (Å²) in [5.41, 5.74) is 15.5. The maximum atomic E-state index is 2.51. The normalized spacial score (nSPS) is 15.7. The van der Waals surface area contributed by atoms with Gasteiger partial charge in [-0.2, -0.15) is 0 Å². The fraction of sp³-hybridized carbons (Fsp3) is 0.0980. The molecule has 2 nitrogen and oxygen atoms in total. The Morgan fingerprint density at radius 1 is 0.358 bits per heavy atom. The molecule has 0 amide bonds. The molecule has 8 aromatic rings. The third kappa shape index (κ3) is 5.25. The Kier molecular flexibility index (Phi) is 7.69. The van der Waals surface area contributed by atoms with Crippen molar-refractivity contribution in [1.82, 2.24) is 0 Å². The summed E-state index contributed by atoms with van der Waals surface area (Å²) < 4.78 is 0. The van der Waals surface area contributed by atoms with E-state index >= 15 is 0 Å². The molecule has 0 saturated heterocycles. The Balaban J connectivity index is 1.15. The average Bonchev–Trinajstić information content (AvgIpc) is 3.81. The van der Waals surface area contributed by atoms with Gasteiger partial charge in [0.05, 0.1) is 11.4 Å². The molecule has 0 aromatic heterocycles. The highest BCUT2D eigenvalue weighted by Gasteiger charge is 2.49. The number of anilines is 6. The van der Waals surface area contributed by atoms with Crippen molar-refractivity contribution in [1.29, 1.82) is 0 Å². The number of nitrogens with zero attached hydrogens (tertiary/aromatic N) is 2. The van der Waals surface area contributed by atoms with Gasteiger partial charge in [0, 0.05) is 28.2 Å². The Morgan fingerprint density at radius 2 is 0.792 bits per heavy atom. The van der Waals surface area contributed by atoms with E-state index in [0.717, 1.165) is 31.4 Å². The van der Waals surface area contributed by atoms with E-state index in [4.69, 9.17) is 0 Å². The maximum Gasteiger partial charge on any atom is 0.0505 e. The van der Waals surface area contributed by atoms with E-state index in [1.807, 2.05) is 0 Å². The highest BCUT2D eigenvalue weighted by atomic mass is 15.2. The van der Waals surface area contributed by atoms with Crippen molar-refractivity contribution in [2.45, 2.75) is 31.1 Å². The van der Waals surface area contributed by atoms with Gasteiger partial charge in [0.2, 0.25) is 0 Å². The maximum absolute atomic E-state index is 2.51. The summed E-state index contributed by atoms with van der Waals surface area (Å²) in [5.74, 6) is 0. The van der Waals surface area contributed by atoms with Crippen molar-refractivity contribution in [2.24, 2.45) is 0 Å². The SMILES string of the molecule is c1ccc(N(c2ccccc2)c2cccc3c2[C@@]2(CC3)CCc3cccc(N(c4ccccc4)c4ccc(-c5cccc6ccccc56)cc4)c32)cc1. The summed E-state index contributed by atoms with van der Waals surface area (Å²) in [5, 5.41) is 2.54. The molecular formula is C51H40N2. The van der Waals surface area contributed by atoms with Crippen LogP contribution in [0.5, 0.6) is 0 Å². The molecule has 2 aliphatic rings. The van der Waals surface area contributed by atoms with Crippen molar-refractivity contribution >= 4 is 44.9 Å². The first-order valence-electron chi connectivity index (χ1n) is 18.9. The molecule has 0 aliphatic heterocycles. The van der Waals surface area contributed by atoms with Gasteiger partial charge in [-0.3, -0.25) is 0 Å². The second-order valence-corrected chi connectivity index (χ2v) is 14.5. The molecule has 0 bridgehead atoms. The van der Waals surface area contributed by atoms with Crippen LogP contribution in [-0.2, 0) is 18.3 Å². The first-order chi connectivity index (χ1) is 26.3. The van der Waals surface area contributed by atoms with Crippen LogP contribution < -0.4 is 9.80 Å². The monoisotopic (exact) mass is 680 g/mol.